The molecule has 0 fully saturated rings. The van der Waals surface area contributed by atoms with Gasteiger partial charge in [0.05, 0.1) is 11.4 Å². The van der Waals surface area contributed by atoms with Crippen LogP contribution < -0.4 is 14.9 Å². The number of rotatable bonds is 8. The van der Waals surface area contributed by atoms with Crippen molar-refractivity contribution < 1.29 is 22.7 Å². The number of carbonyl (C=O) groups excluding carboxylic acids is 1. The average molecular weight is 635 g/mol. The molecule has 5 aromatic rings. The molecule has 0 bridgehead atoms. The molecular formula is C33H33F3N6O2S. The Kier molecular flexibility index (Phi) is 8.96. The van der Waals surface area contributed by atoms with E-state index in [1.165, 1.54) is 46.6 Å². The van der Waals surface area contributed by atoms with Crippen molar-refractivity contribution in [3.63, 3.8) is 0 Å². The van der Waals surface area contributed by atoms with E-state index in [1.807, 2.05) is 47.2 Å². The number of halogens is 3. The Morgan fingerprint density at radius 3 is 2.29 bits per heavy atom. The zero-order chi connectivity index (χ0) is 32.4. The molecule has 0 spiro atoms. The van der Waals surface area contributed by atoms with Crippen molar-refractivity contribution >= 4 is 17.4 Å². The summed E-state index contributed by atoms with van der Waals surface area (Å²) < 4.78 is 44.7. The Labute approximate surface area is 262 Å². The smallest absolute Gasteiger partial charge is 0.406 e. The summed E-state index contributed by atoms with van der Waals surface area (Å²) in [6, 6.07) is 19.0. The van der Waals surface area contributed by atoms with Gasteiger partial charge in [-0.2, -0.15) is 4.99 Å². The number of carbonyl (C=O) groups is 1. The molecule has 0 aliphatic heterocycles. The second kappa shape index (κ2) is 12.7. The minimum Gasteiger partial charge on any atom is -0.406 e. The SMILES string of the molecule is Cc1cccc(C)c1-n1c(C)csc1=NC(=O)NCC(C)(C)Cc1ccc(-c2ncn(-c3ccc(OC(F)(F)F)cc3)n2)cc1. The Morgan fingerprint density at radius 1 is 0.978 bits per heavy atom. The molecule has 0 atom stereocenters. The highest BCUT2D eigenvalue weighted by molar-refractivity contribution is 7.07. The number of hydrogen-bond acceptors (Lipinski definition) is 5. The zero-order valence-corrected chi connectivity index (χ0v) is 26.3. The molecule has 2 amide bonds. The van der Waals surface area contributed by atoms with E-state index < -0.39 is 6.36 Å². The van der Waals surface area contributed by atoms with Crippen LogP contribution in [0.4, 0.5) is 18.0 Å². The van der Waals surface area contributed by atoms with Crippen LogP contribution >= 0.6 is 11.3 Å². The molecule has 8 nitrogen and oxygen atoms in total. The lowest BCUT2D eigenvalue weighted by molar-refractivity contribution is -0.274. The van der Waals surface area contributed by atoms with Crippen LogP contribution in [0.5, 0.6) is 5.75 Å². The summed E-state index contributed by atoms with van der Waals surface area (Å²) in [5, 5.41) is 9.44. The number of alkyl halides is 3. The summed E-state index contributed by atoms with van der Waals surface area (Å²) in [5.74, 6) is 0.172. The van der Waals surface area contributed by atoms with Gasteiger partial charge in [-0.25, -0.2) is 14.5 Å². The van der Waals surface area contributed by atoms with Gasteiger partial charge in [-0.15, -0.1) is 29.6 Å². The highest BCUT2D eigenvalue weighted by Gasteiger charge is 2.31. The van der Waals surface area contributed by atoms with Crippen molar-refractivity contribution in [2.45, 2.75) is 47.4 Å². The molecule has 0 unspecified atom stereocenters. The summed E-state index contributed by atoms with van der Waals surface area (Å²) in [6.45, 7) is 10.7. The summed E-state index contributed by atoms with van der Waals surface area (Å²) >= 11 is 1.44. The summed E-state index contributed by atoms with van der Waals surface area (Å²) in [6.07, 6.45) is -2.54. The second-order valence-electron chi connectivity index (χ2n) is 11.6. The van der Waals surface area contributed by atoms with Crippen molar-refractivity contribution in [2.24, 2.45) is 10.4 Å². The van der Waals surface area contributed by atoms with Crippen LogP contribution in [0.15, 0.2) is 83.4 Å². The first-order valence-corrected chi connectivity index (χ1v) is 15.1. The first-order chi connectivity index (χ1) is 21.3. The number of thiazole rings is 1. The molecule has 0 saturated heterocycles. The van der Waals surface area contributed by atoms with Crippen LogP contribution in [0, 0.1) is 26.2 Å². The lowest BCUT2D eigenvalue weighted by Gasteiger charge is -2.24. The third-order valence-electron chi connectivity index (χ3n) is 7.18. The van der Waals surface area contributed by atoms with E-state index in [9.17, 15) is 18.0 Å². The number of aryl methyl sites for hydroxylation is 3. The molecule has 0 aliphatic rings. The third kappa shape index (κ3) is 7.88. The minimum absolute atomic E-state index is 0.248. The Morgan fingerprint density at radius 2 is 1.64 bits per heavy atom. The van der Waals surface area contributed by atoms with Crippen molar-refractivity contribution in [3.8, 4) is 28.5 Å². The lowest BCUT2D eigenvalue weighted by Crippen LogP contribution is -2.35. The molecule has 2 heterocycles. The van der Waals surface area contributed by atoms with Gasteiger partial charge >= 0.3 is 12.4 Å². The summed E-state index contributed by atoms with van der Waals surface area (Å²) in [5.41, 5.74) is 6.46. The molecule has 1 N–H and O–H groups in total. The predicted molar refractivity (Wildman–Crippen MR) is 168 cm³/mol. The first kappa shape index (κ1) is 31.7. The Hall–Kier alpha value is -4.71. The largest absolute Gasteiger partial charge is 0.573 e. The van der Waals surface area contributed by atoms with Gasteiger partial charge in [-0.3, -0.25) is 4.57 Å². The number of ether oxygens (including phenoxy) is 1. The maximum Gasteiger partial charge on any atom is 0.573 e. The molecule has 45 heavy (non-hydrogen) atoms. The van der Waals surface area contributed by atoms with Gasteiger partial charge in [0.2, 0.25) is 0 Å². The molecule has 12 heteroatoms. The molecule has 3 aromatic carbocycles. The molecule has 0 radical (unpaired) electrons. The van der Waals surface area contributed by atoms with E-state index in [0.29, 0.717) is 29.3 Å². The highest BCUT2D eigenvalue weighted by Crippen LogP contribution is 2.26. The molecular weight excluding hydrogens is 601 g/mol. The van der Waals surface area contributed by atoms with Gasteiger partial charge < -0.3 is 10.1 Å². The van der Waals surface area contributed by atoms with Crippen LogP contribution in [0.25, 0.3) is 22.8 Å². The molecule has 5 rings (SSSR count). The Balaban J connectivity index is 1.21. The first-order valence-electron chi connectivity index (χ1n) is 14.2. The number of amides is 2. The highest BCUT2D eigenvalue weighted by atomic mass is 32.1. The van der Waals surface area contributed by atoms with Crippen molar-refractivity contribution in [1.29, 1.82) is 0 Å². The van der Waals surface area contributed by atoms with Crippen LogP contribution in [-0.4, -0.2) is 38.3 Å². The van der Waals surface area contributed by atoms with E-state index in [4.69, 9.17) is 0 Å². The van der Waals surface area contributed by atoms with E-state index in [-0.39, 0.29) is 17.2 Å². The fourth-order valence-corrected chi connectivity index (χ4v) is 5.91. The van der Waals surface area contributed by atoms with E-state index in [1.54, 1.807) is 0 Å². The van der Waals surface area contributed by atoms with Crippen LogP contribution in [0.3, 0.4) is 0 Å². The van der Waals surface area contributed by atoms with Gasteiger partial charge in [-0.05, 0) is 73.6 Å². The van der Waals surface area contributed by atoms with Crippen LogP contribution in [0.1, 0.15) is 36.2 Å². The monoisotopic (exact) mass is 634 g/mol. The number of para-hydroxylation sites is 1. The van der Waals surface area contributed by atoms with Crippen LogP contribution in [-0.2, 0) is 6.42 Å². The Bertz CT molecular complexity index is 1850. The number of hydrogen-bond donors (Lipinski definition) is 1. The van der Waals surface area contributed by atoms with Crippen molar-refractivity contribution in [1.82, 2.24) is 24.6 Å². The molecule has 234 valence electrons. The minimum atomic E-state index is -4.75. The van der Waals surface area contributed by atoms with Crippen LogP contribution in [0.2, 0.25) is 0 Å². The third-order valence-corrected chi connectivity index (χ3v) is 8.12. The molecule has 2 aromatic heterocycles. The summed E-state index contributed by atoms with van der Waals surface area (Å²) in [7, 11) is 0. The van der Waals surface area contributed by atoms with Crippen molar-refractivity contribution in [2.75, 3.05) is 6.54 Å². The van der Waals surface area contributed by atoms with E-state index in [0.717, 1.165) is 33.6 Å². The fourth-order valence-electron chi connectivity index (χ4n) is 5.05. The van der Waals surface area contributed by atoms with Gasteiger partial charge in [0.15, 0.2) is 10.6 Å². The number of nitrogens with one attached hydrogen (secondary N) is 1. The van der Waals surface area contributed by atoms with E-state index in [2.05, 4.69) is 65.0 Å². The molecule has 0 saturated carbocycles. The number of nitrogens with zero attached hydrogens (tertiary/aromatic N) is 5. The van der Waals surface area contributed by atoms with E-state index >= 15 is 0 Å². The standard InChI is InChI=1S/C33H33F3N6O2S/c1-21-7-6-8-22(2)28(21)42-23(3)18-45-31(42)39-30(43)37-19-32(4,5)17-24-9-11-25(12-10-24)29-38-20-41(40-29)26-13-15-27(16-14-26)44-33(34,35)36/h6-16,18,20H,17,19H2,1-5H3,(H,37,43). The summed E-state index contributed by atoms with van der Waals surface area (Å²) in [4.78, 5) is 22.3. The lowest BCUT2D eigenvalue weighted by atomic mass is 9.85. The van der Waals surface area contributed by atoms with Gasteiger partial charge in [0.1, 0.15) is 12.1 Å². The fraction of sp³-hybridized carbons (Fsp3) is 0.273. The second-order valence-corrected chi connectivity index (χ2v) is 12.4. The van der Waals surface area contributed by atoms with Crippen molar-refractivity contribution in [3.05, 3.63) is 106 Å². The number of aromatic nitrogens is 4. The van der Waals surface area contributed by atoms with Gasteiger partial charge in [0.25, 0.3) is 0 Å². The zero-order valence-electron chi connectivity index (χ0n) is 25.5. The average Bonchev–Trinajstić information content (AvgIpc) is 3.60. The quantitative estimate of drug-likeness (QED) is 0.192. The van der Waals surface area contributed by atoms with Gasteiger partial charge in [0, 0.05) is 23.2 Å². The van der Waals surface area contributed by atoms with Gasteiger partial charge in [-0.1, -0.05) is 56.3 Å². The predicted octanol–water partition coefficient (Wildman–Crippen LogP) is 7.49. The normalized spacial score (nSPS) is 12.4. The maximum atomic E-state index is 12.9. The number of benzene rings is 3. The topological polar surface area (TPSA) is 86.3 Å². The number of urea groups is 1. The maximum absolute atomic E-state index is 12.9. The molecule has 0 aliphatic carbocycles.